The Morgan fingerprint density at radius 2 is 2.00 bits per heavy atom. The maximum atomic E-state index is 11.8. The zero-order chi connectivity index (χ0) is 13.0. The lowest BCUT2D eigenvalue weighted by molar-refractivity contribution is -0.122. The monoisotopic (exact) mass is 255 g/mol. The van der Waals surface area contributed by atoms with Crippen LogP contribution in [-0.4, -0.2) is 37.4 Å². The van der Waals surface area contributed by atoms with Crippen molar-refractivity contribution in [1.29, 1.82) is 0 Å². The van der Waals surface area contributed by atoms with Crippen LogP contribution in [0.25, 0.3) is 0 Å². The molecule has 0 atom stereocenters. The molecule has 2 N–H and O–H groups in total. The normalized spacial score (nSPS) is 29.9. The fourth-order valence-electron chi connectivity index (χ4n) is 2.76. The van der Waals surface area contributed by atoms with Gasteiger partial charge in [-0.05, 0) is 44.4 Å². The van der Waals surface area contributed by atoms with E-state index in [1.165, 1.54) is 0 Å². The second-order valence-electron chi connectivity index (χ2n) is 6.02. The molecule has 0 heterocycles. The molecule has 0 spiro atoms. The van der Waals surface area contributed by atoms with Crippen LogP contribution in [0.5, 0.6) is 0 Å². The summed E-state index contributed by atoms with van der Waals surface area (Å²) < 4.78 is 5.33. The summed E-state index contributed by atoms with van der Waals surface area (Å²) >= 11 is 0. The van der Waals surface area contributed by atoms with Gasteiger partial charge in [0.25, 0.3) is 0 Å². The Labute approximate surface area is 109 Å². The first-order chi connectivity index (χ1) is 8.67. The lowest BCUT2D eigenvalue weighted by atomic mass is 9.85. The first-order valence-corrected chi connectivity index (χ1v) is 7.08. The number of ether oxygens (including phenoxy) is 1. The molecule has 0 unspecified atom stereocenters. The summed E-state index contributed by atoms with van der Waals surface area (Å²) in [6, 6.07) is 0. The van der Waals surface area contributed by atoms with Crippen molar-refractivity contribution in [3.63, 3.8) is 0 Å². The number of carbonyl (C=O) groups excluding carboxylic acids is 1. The molecule has 4 heteroatoms. The number of nitrogens with one attached hydrogen (secondary N) is 1. The molecule has 18 heavy (non-hydrogen) atoms. The van der Waals surface area contributed by atoms with Crippen LogP contribution < -0.4 is 5.32 Å². The van der Waals surface area contributed by atoms with Gasteiger partial charge in [0.15, 0.2) is 0 Å². The van der Waals surface area contributed by atoms with Gasteiger partial charge in [-0.2, -0.15) is 0 Å². The Bertz CT molecular complexity index is 281. The van der Waals surface area contributed by atoms with Gasteiger partial charge in [0.2, 0.25) is 5.91 Å². The molecule has 2 rings (SSSR count). The fraction of sp³-hybridized carbons (Fsp3) is 0.929. The third-order valence-corrected chi connectivity index (χ3v) is 4.55. The van der Waals surface area contributed by atoms with Crippen molar-refractivity contribution in [2.24, 2.45) is 11.3 Å². The first-order valence-electron chi connectivity index (χ1n) is 7.08. The van der Waals surface area contributed by atoms with Crippen molar-refractivity contribution in [2.75, 3.05) is 20.3 Å². The molecule has 0 aliphatic heterocycles. The molecule has 104 valence electrons. The van der Waals surface area contributed by atoms with E-state index < -0.39 is 0 Å². The second kappa shape index (κ2) is 6.02. The lowest BCUT2D eigenvalue weighted by Gasteiger charge is -2.27. The minimum atomic E-state index is 0.0172. The molecular formula is C14H25NO3. The summed E-state index contributed by atoms with van der Waals surface area (Å²) in [4.78, 5) is 11.8. The minimum Gasteiger partial charge on any atom is -0.396 e. The van der Waals surface area contributed by atoms with Crippen molar-refractivity contribution in [3.05, 3.63) is 0 Å². The van der Waals surface area contributed by atoms with Gasteiger partial charge >= 0.3 is 0 Å². The van der Waals surface area contributed by atoms with Gasteiger partial charge in [-0.15, -0.1) is 0 Å². The van der Waals surface area contributed by atoms with Crippen LogP contribution in [0.15, 0.2) is 0 Å². The SMILES string of the molecule is COC1CCC(CC(=O)NCC2(CO)CC2)CC1. The third-order valence-electron chi connectivity index (χ3n) is 4.55. The van der Waals surface area contributed by atoms with E-state index in [9.17, 15) is 9.90 Å². The van der Waals surface area contributed by atoms with Crippen molar-refractivity contribution < 1.29 is 14.6 Å². The van der Waals surface area contributed by atoms with Gasteiger partial charge < -0.3 is 15.2 Å². The molecule has 2 saturated carbocycles. The van der Waals surface area contributed by atoms with E-state index in [1.807, 2.05) is 0 Å². The lowest BCUT2D eigenvalue weighted by Crippen LogP contribution is -2.33. The summed E-state index contributed by atoms with van der Waals surface area (Å²) in [6.45, 7) is 0.849. The Morgan fingerprint density at radius 3 is 2.50 bits per heavy atom. The van der Waals surface area contributed by atoms with Crippen LogP contribution >= 0.6 is 0 Å². The van der Waals surface area contributed by atoms with Crippen molar-refractivity contribution in [1.82, 2.24) is 5.32 Å². The molecule has 2 aliphatic carbocycles. The summed E-state index contributed by atoms with van der Waals surface area (Å²) in [5, 5.41) is 12.2. The van der Waals surface area contributed by atoms with Gasteiger partial charge in [0.1, 0.15) is 0 Å². The van der Waals surface area contributed by atoms with E-state index >= 15 is 0 Å². The summed E-state index contributed by atoms with van der Waals surface area (Å²) in [5.41, 5.74) is 0.0172. The summed E-state index contributed by atoms with van der Waals surface area (Å²) in [7, 11) is 1.77. The highest BCUT2D eigenvalue weighted by Gasteiger charge is 2.42. The highest BCUT2D eigenvalue weighted by molar-refractivity contribution is 5.76. The highest BCUT2D eigenvalue weighted by atomic mass is 16.5. The number of amides is 1. The van der Waals surface area contributed by atoms with Gasteiger partial charge in [-0.25, -0.2) is 0 Å². The smallest absolute Gasteiger partial charge is 0.220 e. The number of carbonyl (C=O) groups is 1. The van der Waals surface area contributed by atoms with E-state index in [-0.39, 0.29) is 17.9 Å². The van der Waals surface area contributed by atoms with E-state index in [2.05, 4.69) is 5.32 Å². The van der Waals surface area contributed by atoms with Crippen LogP contribution in [0.2, 0.25) is 0 Å². The number of rotatable bonds is 6. The molecule has 2 fully saturated rings. The molecule has 0 bridgehead atoms. The summed E-state index contributed by atoms with van der Waals surface area (Å²) in [5.74, 6) is 0.663. The Hall–Kier alpha value is -0.610. The molecule has 0 radical (unpaired) electrons. The second-order valence-corrected chi connectivity index (χ2v) is 6.02. The molecule has 0 aromatic heterocycles. The van der Waals surface area contributed by atoms with Crippen molar-refractivity contribution in [2.45, 2.75) is 51.0 Å². The zero-order valence-electron chi connectivity index (χ0n) is 11.3. The van der Waals surface area contributed by atoms with E-state index in [0.717, 1.165) is 38.5 Å². The van der Waals surface area contributed by atoms with E-state index in [1.54, 1.807) is 7.11 Å². The predicted molar refractivity (Wildman–Crippen MR) is 69.1 cm³/mol. The molecule has 0 aromatic carbocycles. The average Bonchev–Trinajstić information content (AvgIpc) is 3.18. The van der Waals surface area contributed by atoms with E-state index in [4.69, 9.17) is 4.74 Å². The molecule has 0 aromatic rings. The largest absolute Gasteiger partial charge is 0.396 e. The van der Waals surface area contributed by atoms with Crippen LogP contribution in [-0.2, 0) is 9.53 Å². The number of hydrogen-bond donors (Lipinski definition) is 2. The van der Waals surface area contributed by atoms with Crippen LogP contribution in [0.1, 0.15) is 44.9 Å². The summed E-state index contributed by atoms with van der Waals surface area (Å²) in [6.07, 6.45) is 7.47. The quantitative estimate of drug-likeness (QED) is 0.755. The Morgan fingerprint density at radius 1 is 1.33 bits per heavy atom. The number of aliphatic hydroxyl groups is 1. The fourth-order valence-corrected chi connectivity index (χ4v) is 2.76. The molecular weight excluding hydrogens is 230 g/mol. The van der Waals surface area contributed by atoms with Crippen LogP contribution in [0.4, 0.5) is 0 Å². The molecule has 1 amide bonds. The molecule has 2 aliphatic rings. The van der Waals surface area contributed by atoms with Gasteiger partial charge in [-0.3, -0.25) is 4.79 Å². The predicted octanol–water partition coefficient (Wildman–Crippen LogP) is 1.47. The van der Waals surface area contributed by atoms with Crippen molar-refractivity contribution in [3.8, 4) is 0 Å². The standard InChI is InChI=1S/C14H25NO3/c1-18-12-4-2-11(3-5-12)8-13(17)15-9-14(10-16)6-7-14/h11-12,16H,2-10H2,1H3,(H,15,17). The maximum Gasteiger partial charge on any atom is 0.220 e. The number of methoxy groups -OCH3 is 1. The minimum absolute atomic E-state index is 0.0172. The topological polar surface area (TPSA) is 58.6 Å². The molecule has 0 saturated heterocycles. The highest BCUT2D eigenvalue weighted by Crippen LogP contribution is 2.44. The number of hydrogen-bond acceptors (Lipinski definition) is 3. The van der Waals surface area contributed by atoms with Gasteiger partial charge in [-0.1, -0.05) is 0 Å². The maximum absolute atomic E-state index is 11.8. The first kappa shape index (κ1) is 13.8. The van der Waals surface area contributed by atoms with Crippen LogP contribution in [0.3, 0.4) is 0 Å². The van der Waals surface area contributed by atoms with Crippen LogP contribution in [0, 0.1) is 11.3 Å². The third kappa shape index (κ3) is 3.69. The average molecular weight is 255 g/mol. The number of aliphatic hydroxyl groups excluding tert-OH is 1. The van der Waals surface area contributed by atoms with Gasteiger partial charge in [0.05, 0.1) is 12.7 Å². The van der Waals surface area contributed by atoms with Crippen molar-refractivity contribution >= 4 is 5.91 Å². The zero-order valence-corrected chi connectivity index (χ0v) is 11.3. The van der Waals surface area contributed by atoms with Gasteiger partial charge in [0, 0.05) is 25.5 Å². The molecule has 4 nitrogen and oxygen atoms in total. The Balaban J connectivity index is 1.62. The van der Waals surface area contributed by atoms with E-state index in [0.29, 0.717) is 25.0 Å². The Kier molecular flexibility index (Phi) is 4.62.